The van der Waals surface area contributed by atoms with E-state index in [2.05, 4.69) is 10.4 Å². The summed E-state index contributed by atoms with van der Waals surface area (Å²) in [4.78, 5) is 21.1. The van der Waals surface area contributed by atoms with Crippen molar-refractivity contribution >= 4 is 23.0 Å². The number of benzene rings is 1. The highest BCUT2D eigenvalue weighted by Gasteiger charge is 2.20. The molecular formula is C12H12N4O4. The molecule has 0 saturated carbocycles. The standard InChI is InChI=1S/C12H12N4O4/c1-7-10(6-15(2)14-7)13-8-3-4-11(16(19)20)9(5-8)12(17)18/h3-6,13H,1-2H3,(H,17,18). The molecule has 0 aliphatic rings. The molecular weight excluding hydrogens is 264 g/mol. The highest BCUT2D eigenvalue weighted by Crippen LogP contribution is 2.25. The molecule has 0 atom stereocenters. The number of hydrogen-bond acceptors (Lipinski definition) is 5. The number of nitro groups is 1. The molecule has 0 fully saturated rings. The predicted octanol–water partition coefficient (Wildman–Crippen LogP) is 2.08. The highest BCUT2D eigenvalue weighted by atomic mass is 16.6. The van der Waals surface area contributed by atoms with Gasteiger partial charge >= 0.3 is 5.97 Å². The van der Waals surface area contributed by atoms with Gasteiger partial charge in [0.05, 0.1) is 16.3 Å². The van der Waals surface area contributed by atoms with Gasteiger partial charge in [0.25, 0.3) is 5.69 Å². The van der Waals surface area contributed by atoms with Crippen LogP contribution in [0.2, 0.25) is 0 Å². The van der Waals surface area contributed by atoms with Crippen molar-refractivity contribution in [2.75, 3.05) is 5.32 Å². The predicted molar refractivity (Wildman–Crippen MR) is 71.3 cm³/mol. The quantitative estimate of drug-likeness (QED) is 0.653. The Morgan fingerprint density at radius 1 is 1.50 bits per heavy atom. The fraction of sp³-hybridized carbons (Fsp3) is 0.167. The monoisotopic (exact) mass is 276 g/mol. The lowest BCUT2D eigenvalue weighted by molar-refractivity contribution is -0.385. The first-order valence-corrected chi connectivity index (χ1v) is 5.67. The van der Waals surface area contributed by atoms with Crippen LogP contribution in [0.4, 0.5) is 17.1 Å². The Labute approximate surface area is 113 Å². The van der Waals surface area contributed by atoms with E-state index in [-0.39, 0.29) is 5.56 Å². The normalized spacial score (nSPS) is 10.3. The van der Waals surface area contributed by atoms with E-state index in [9.17, 15) is 14.9 Å². The number of carboxylic acid groups (broad SMARTS) is 1. The molecule has 104 valence electrons. The summed E-state index contributed by atoms with van der Waals surface area (Å²) in [5, 5.41) is 26.9. The van der Waals surface area contributed by atoms with Crippen molar-refractivity contribution in [2.24, 2.45) is 7.05 Å². The maximum Gasteiger partial charge on any atom is 0.342 e. The van der Waals surface area contributed by atoms with Gasteiger partial charge in [0.1, 0.15) is 5.56 Å². The van der Waals surface area contributed by atoms with Crippen LogP contribution in [0, 0.1) is 17.0 Å². The maximum absolute atomic E-state index is 11.1. The number of nitro benzene ring substituents is 1. The third-order valence-electron chi connectivity index (χ3n) is 2.72. The summed E-state index contributed by atoms with van der Waals surface area (Å²) >= 11 is 0. The molecule has 0 saturated heterocycles. The number of rotatable bonds is 4. The third kappa shape index (κ3) is 2.58. The van der Waals surface area contributed by atoms with Crippen LogP contribution < -0.4 is 5.32 Å². The Morgan fingerprint density at radius 2 is 2.20 bits per heavy atom. The van der Waals surface area contributed by atoms with Gasteiger partial charge in [-0.1, -0.05) is 0 Å². The summed E-state index contributed by atoms with van der Waals surface area (Å²) in [6.45, 7) is 1.80. The van der Waals surface area contributed by atoms with E-state index in [1.165, 1.54) is 12.1 Å². The first kappa shape index (κ1) is 13.5. The molecule has 0 bridgehead atoms. The van der Waals surface area contributed by atoms with Gasteiger partial charge in [-0.25, -0.2) is 4.79 Å². The number of aromatic carboxylic acids is 1. The highest BCUT2D eigenvalue weighted by molar-refractivity contribution is 5.93. The molecule has 2 rings (SSSR count). The van der Waals surface area contributed by atoms with E-state index in [1.54, 1.807) is 24.9 Å². The van der Waals surface area contributed by atoms with Crippen LogP contribution in [0.3, 0.4) is 0 Å². The Hall–Kier alpha value is -2.90. The van der Waals surface area contributed by atoms with Crippen LogP contribution in [-0.4, -0.2) is 25.8 Å². The number of nitrogens with zero attached hydrogens (tertiary/aromatic N) is 3. The molecule has 1 heterocycles. The lowest BCUT2D eigenvalue weighted by atomic mass is 10.1. The second-order valence-electron chi connectivity index (χ2n) is 4.22. The van der Waals surface area contributed by atoms with Gasteiger partial charge in [-0.15, -0.1) is 0 Å². The smallest absolute Gasteiger partial charge is 0.342 e. The van der Waals surface area contributed by atoms with Crippen molar-refractivity contribution in [2.45, 2.75) is 6.92 Å². The summed E-state index contributed by atoms with van der Waals surface area (Å²) in [5.74, 6) is -1.34. The van der Waals surface area contributed by atoms with Crippen molar-refractivity contribution in [3.63, 3.8) is 0 Å². The van der Waals surface area contributed by atoms with Gasteiger partial charge in [0.2, 0.25) is 0 Å². The zero-order valence-electron chi connectivity index (χ0n) is 10.8. The Bertz CT molecular complexity index is 693. The number of hydrogen-bond donors (Lipinski definition) is 2. The zero-order chi connectivity index (χ0) is 14.9. The number of aryl methyl sites for hydroxylation is 2. The molecule has 0 aliphatic heterocycles. The van der Waals surface area contributed by atoms with Crippen molar-refractivity contribution in [1.82, 2.24) is 9.78 Å². The second-order valence-corrected chi connectivity index (χ2v) is 4.22. The first-order chi connectivity index (χ1) is 9.38. The fourth-order valence-electron chi connectivity index (χ4n) is 1.82. The number of anilines is 2. The van der Waals surface area contributed by atoms with E-state index in [0.717, 1.165) is 11.8 Å². The van der Waals surface area contributed by atoms with Crippen LogP contribution in [0.1, 0.15) is 16.1 Å². The fourth-order valence-corrected chi connectivity index (χ4v) is 1.82. The Balaban J connectivity index is 2.39. The number of aromatic nitrogens is 2. The summed E-state index contributed by atoms with van der Waals surface area (Å²) in [7, 11) is 1.76. The van der Waals surface area contributed by atoms with Crippen LogP contribution in [0.5, 0.6) is 0 Å². The van der Waals surface area contributed by atoms with Gasteiger partial charge < -0.3 is 10.4 Å². The largest absolute Gasteiger partial charge is 0.477 e. The second kappa shape index (κ2) is 5.00. The average Bonchev–Trinajstić information content (AvgIpc) is 2.67. The molecule has 2 N–H and O–H groups in total. The van der Waals surface area contributed by atoms with E-state index in [4.69, 9.17) is 5.11 Å². The minimum absolute atomic E-state index is 0.360. The maximum atomic E-state index is 11.1. The van der Waals surface area contributed by atoms with Crippen LogP contribution in [0.25, 0.3) is 0 Å². The SMILES string of the molecule is Cc1nn(C)cc1Nc1ccc([N+](=O)[O-])c(C(=O)O)c1. The number of carboxylic acids is 1. The number of carbonyl (C=O) groups is 1. The molecule has 0 radical (unpaired) electrons. The van der Waals surface area contributed by atoms with E-state index in [0.29, 0.717) is 11.4 Å². The topological polar surface area (TPSA) is 110 Å². The summed E-state index contributed by atoms with van der Waals surface area (Å²) < 4.78 is 1.61. The van der Waals surface area contributed by atoms with E-state index in [1.807, 2.05) is 0 Å². The van der Waals surface area contributed by atoms with Crippen molar-refractivity contribution in [3.8, 4) is 0 Å². The van der Waals surface area contributed by atoms with Gasteiger partial charge in [-0.2, -0.15) is 5.10 Å². The van der Waals surface area contributed by atoms with Crippen LogP contribution in [-0.2, 0) is 7.05 Å². The van der Waals surface area contributed by atoms with Crippen LogP contribution >= 0.6 is 0 Å². The molecule has 0 unspecified atom stereocenters. The van der Waals surface area contributed by atoms with Gasteiger partial charge in [-0.05, 0) is 19.1 Å². The van der Waals surface area contributed by atoms with E-state index < -0.39 is 16.6 Å². The summed E-state index contributed by atoms with van der Waals surface area (Å²) in [6, 6.07) is 3.85. The lowest BCUT2D eigenvalue weighted by Crippen LogP contribution is -2.03. The lowest BCUT2D eigenvalue weighted by Gasteiger charge is -2.06. The third-order valence-corrected chi connectivity index (χ3v) is 2.72. The zero-order valence-corrected chi connectivity index (χ0v) is 10.8. The molecule has 1 aromatic heterocycles. The van der Waals surface area contributed by atoms with E-state index >= 15 is 0 Å². The van der Waals surface area contributed by atoms with Crippen LogP contribution in [0.15, 0.2) is 24.4 Å². The van der Waals surface area contributed by atoms with Crippen molar-refractivity contribution in [1.29, 1.82) is 0 Å². The molecule has 0 amide bonds. The molecule has 0 aliphatic carbocycles. The Morgan fingerprint density at radius 3 is 2.70 bits per heavy atom. The van der Waals surface area contributed by atoms with Gasteiger partial charge in [-0.3, -0.25) is 14.8 Å². The molecule has 2 aromatic rings. The van der Waals surface area contributed by atoms with Gasteiger partial charge in [0, 0.05) is 25.0 Å². The molecule has 1 aromatic carbocycles. The summed E-state index contributed by atoms with van der Waals surface area (Å²) in [6.07, 6.45) is 1.73. The Kier molecular flexibility index (Phi) is 3.38. The van der Waals surface area contributed by atoms with Gasteiger partial charge in [0.15, 0.2) is 0 Å². The van der Waals surface area contributed by atoms with Crippen molar-refractivity contribution in [3.05, 3.63) is 45.8 Å². The number of nitrogens with one attached hydrogen (secondary N) is 1. The molecule has 8 heteroatoms. The van der Waals surface area contributed by atoms with Crippen molar-refractivity contribution < 1.29 is 14.8 Å². The molecule has 20 heavy (non-hydrogen) atoms. The minimum atomic E-state index is -1.34. The average molecular weight is 276 g/mol. The molecule has 0 spiro atoms. The first-order valence-electron chi connectivity index (χ1n) is 5.67. The minimum Gasteiger partial charge on any atom is -0.477 e. The summed E-state index contributed by atoms with van der Waals surface area (Å²) in [5.41, 5.74) is 1.09. The molecule has 8 nitrogen and oxygen atoms in total.